The quantitative estimate of drug-likeness (QED) is 0.785. The Bertz CT molecular complexity index is 442. The Balaban J connectivity index is 2.13. The van der Waals surface area contributed by atoms with Crippen LogP contribution < -0.4 is 5.73 Å². The summed E-state index contributed by atoms with van der Waals surface area (Å²) in [5.41, 5.74) is 6.86. The molecule has 2 rings (SSSR count). The highest BCUT2D eigenvalue weighted by Crippen LogP contribution is 2.28. The van der Waals surface area contributed by atoms with Gasteiger partial charge in [0, 0.05) is 28.3 Å². The molecule has 18 heavy (non-hydrogen) atoms. The van der Waals surface area contributed by atoms with Gasteiger partial charge in [-0.15, -0.1) is 0 Å². The van der Waals surface area contributed by atoms with E-state index in [0.29, 0.717) is 0 Å². The molecule has 0 aromatic heterocycles. The van der Waals surface area contributed by atoms with Crippen molar-refractivity contribution >= 4 is 28.5 Å². The number of rotatable bonds is 1. The maximum absolute atomic E-state index is 12.4. The number of nitrogens with two attached hydrogens (primary N) is 1. The topological polar surface area (TPSA) is 46.3 Å². The molecule has 0 bridgehead atoms. The van der Waals surface area contributed by atoms with Crippen LogP contribution in [0.3, 0.4) is 0 Å². The third-order valence-electron chi connectivity index (χ3n) is 3.69. The van der Waals surface area contributed by atoms with Gasteiger partial charge in [-0.25, -0.2) is 0 Å². The van der Waals surface area contributed by atoms with E-state index in [1.165, 1.54) is 0 Å². The molecule has 0 spiro atoms. The van der Waals surface area contributed by atoms with Crippen LogP contribution in [0.2, 0.25) is 0 Å². The van der Waals surface area contributed by atoms with E-state index in [4.69, 9.17) is 5.73 Å². The number of carbonyl (C=O) groups excluding carboxylic acids is 1. The zero-order valence-electron chi connectivity index (χ0n) is 10.8. The largest absolute Gasteiger partial charge is 0.338 e. The number of halogens is 1. The molecule has 1 heterocycles. The first kappa shape index (κ1) is 13.8. The van der Waals surface area contributed by atoms with E-state index in [-0.39, 0.29) is 17.4 Å². The van der Waals surface area contributed by atoms with E-state index in [9.17, 15) is 4.79 Å². The Morgan fingerprint density at radius 1 is 1.39 bits per heavy atom. The van der Waals surface area contributed by atoms with Crippen LogP contribution in [0.25, 0.3) is 0 Å². The standard InChI is InChI=1S/C14H19IN2O/c1-14(2)9-17(8-7-12(14)16)13(18)10-3-5-11(15)6-4-10/h3-6,12H,7-9,16H2,1-2H3. The molecule has 1 aliphatic heterocycles. The molecular weight excluding hydrogens is 339 g/mol. The van der Waals surface area contributed by atoms with Gasteiger partial charge in [0.1, 0.15) is 0 Å². The third kappa shape index (κ3) is 2.85. The lowest BCUT2D eigenvalue weighted by molar-refractivity contribution is 0.0533. The maximum Gasteiger partial charge on any atom is 0.253 e. The van der Waals surface area contributed by atoms with Gasteiger partial charge in [0.15, 0.2) is 0 Å². The summed E-state index contributed by atoms with van der Waals surface area (Å²) in [7, 11) is 0. The van der Waals surface area contributed by atoms with Crippen molar-refractivity contribution in [3.8, 4) is 0 Å². The number of hydrogen-bond acceptors (Lipinski definition) is 2. The number of amides is 1. The molecule has 1 saturated heterocycles. The smallest absolute Gasteiger partial charge is 0.253 e. The second kappa shape index (κ2) is 5.17. The van der Waals surface area contributed by atoms with Gasteiger partial charge in [-0.05, 0) is 58.7 Å². The van der Waals surface area contributed by atoms with Crippen molar-refractivity contribution in [1.82, 2.24) is 4.90 Å². The fourth-order valence-electron chi connectivity index (χ4n) is 2.32. The van der Waals surface area contributed by atoms with Gasteiger partial charge in [-0.1, -0.05) is 13.8 Å². The zero-order chi connectivity index (χ0) is 13.3. The first-order chi connectivity index (χ1) is 8.40. The van der Waals surface area contributed by atoms with E-state index in [1.807, 2.05) is 29.2 Å². The highest BCUT2D eigenvalue weighted by Gasteiger charge is 2.35. The van der Waals surface area contributed by atoms with Gasteiger partial charge in [-0.3, -0.25) is 4.79 Å². The van der Waals surface area contributed by atoms with Gasteiger partial charge in [0.2, 0.25) is 0 Å². The summed E-state index contributed by atoms with van der Waals surface area (Å²) in [5.74, 6) is 0.117. The fraction of sp³-hybridized carbons (Fsp3) is 0.500. The van der Waals surface area contributed by atoms with E-state index >= 15 is 0 Å². The predicted octanol–water partition coefficient (Wildman–Crippen LogP) is 2.49. The fourth-order valence-corrected chi connectivity index (χ4v) is 2.68. The summed E-state index contributed by atoms with van der Waals surface area (Å²) in [5, 5.41) is 0. The van der Waals surface area contributed by atoms with Crippen molar-refractivity contribution in [3.63, 3.8) is 0 Å². The van der Waals surface area contributed by atoms with Crippen LogP contribution in [-0.2, 0) is 0 Å². The predicted molar refractivity (Wildman–Crippen MR) is 81.4 cm³/mol. The van der Waals surface area contributed by atoms with Crippen LogP contribution in [0.1, 0.15) is 30.6 Å². The maximum atomic E-state index is 12.4. The first-order valence-corrected chi connectivity index (χ1v) is 7.28. The molecule has 1 aromatic rings. The number of piperidine rings is 1. The number of carbonyl (C=O) groups is 1. The molecule has 0 aliphatic carbocycles. The molecule has 1 amide bonds. The molecule has 4 heteroatoms. The zero-order valence-corrected chi connectivity index (χ0v) is 13.0. The van der Waals surface area contributed by atoms with Crippen LogP contribution in [0.5, 0.6) is 0 Å². The molecule has 1 atom stereocenters. The van der Waals surface area contributed by atoms with Crippen molar-refractivity contribution in [2.24, 2.45) is 11.1 Å². The molecule has 98 valence electrons. The summed E-state index contributed by atoms with van der Waals surface area (Å²) < 4.78 is 1.14. The lowest BCUT2D eigenvalue weighted by atomic mass is 9.79. The van der Waals surface area contributed by atoms with E-state index in [1.54, 1.807) is 0 Å². The molecular formula is C14H19IN2O. The first-order valence-electron chi connectivity index (χ1n) is 6.20. The molecule has 0 saturated carbocycles. The Hall–Kier alpha value is -0.620. The van der Waals surface area contributed by atoms with Crippen molar-refractivity contribution < 1.29 is 4.79 Å². The minimum atomic E-state index is -0.00286. The van der Waals surface area contributed by atoms with Crippen molar-refractivity contribution in [1.29, 1.82) is 0 Å². The molecule has 3 nitrogen and oxygen atoms in total. The third-order valence-corrected chi connectivity index (χ3v) is 4.41. The molecule has 1 aromatic carbocycles. The normalized spacial score (nSPS) is 22.9. The minimum absolute atomic E-state index is 0.00286. The number of benzene rings is 1. The second-order valence-corrected chi connectivity index (χ2v) is 6.86. The summed E-state index contributed by atoms with van der Waals surface area (Å²) >= 11 is 2.24. The second-order valence-electron chi connectivity index (χ2n) is 5.62. The van der Waals surface area contributed by atoms with Gasteiger partial charge in [0.25, 0.3) is 5.91 Å². The molecule has 1 unspecified atom stereocenters. The Morgan fingerprint density at radius 2 is 2.00 bits per heavy atom. The molecule has 2 N–H and O–H groups in total. The van der Waals surface area contributed by atoms with Crippen molar-refractivity contribution in [3.05, 3.63) is 33.4 Å². The Labute approximate surface area is 122 Å². The van der Waals surface area contributed by atoms with E-state index in [0.717, 1.165) is 28.6 Å². The lowest BCUT2D eigenvalue weighted by Gasteiger charge is -2.42. The Morgan fingerprint density at radius 3 is 2.56 bits per heavy atom. The van der Waals surface area contributed by atoms with Gasteiger partial charge in [-0.2, -0.15) is 0 Å². The number of nitrogens with zero attached hydrogens (tertiary/aromatic N) is 1. The summed E-state index contributed by atoms with van der Waals surface area (Å²) in [6.45, 7) is 5.75. The summed E-state index contributed by atoms with van der Waals surface area (Å²) in [6, 6.07) is 7.90. The van der Waals surface area contributed by atoms with Gasteiger partial charge < -0.3 is 10.6 Å². The molecule has 1 fully saturated rings. The van der Waals surface area contributed by atoms with E-state index < -0.39 is 0 Å². The highest BCUT2D eigenvalue weighted by molar-refractivity contribution is 14.1. The van der Waals surface area contributed by atoms with Crippen molar-refractivity contribution in [2.45, 2.75) is 26.3 Å². The summed E-state index contributed by atoms with van der Waals surface area (Å²) in [6.07, 6.45) is 0.878. The summed E-state index contributed by atoms with van der Waals surface area (Å²) in [4.78, 5) is 14.3. The van der Waals surface area contributed by atoms with Crippen LogP contribution in [-0.4, -0.2) is 29.9 Å². The molecule has 0 radical (unpaired) electrons. The van der Waals surface area contributed by atoms with Gasteiger partial charge >= 0.3 is 0 Å². The minimum Gasteiger partial charge on any atom is -0.338 e. The number of hydrogen-bond donors (Lipinski definition) is 1. The van der Waals surface area contributed by atoms with Crippen LogP contribution in [0.15, 0.2) is 24.3 Å². The highest BCUT2D eigenvalue weighted by atomic mass is 127. The monoisotopic (exact) mass is 358 g/mol. The lowest BCUT2D eigenvalue weighted by Crippen LogP contribution is -2.53. The van der Waals surface area contributed by atoms with Gasteiger partial charge in [0.05, 0.1) is 0 Å². The van der Waals surface area contributed by atoms with E-state index in [2.05, 4.69) is 36.4 Å². The average molecular weight is 358 g/mol. The van der Waals surface area contributed by atoms with Crippen molar-refractivity contribution in [2.75, 3.05) is 13.1 Å². The Kier molecular flexibility index (Phi) is 3.96. The number of likely N-dealkylation sites (tertiary alicyclic amines) is 1. The average Bonchev–Trinajstić information content (AvgIpc) is 2.33. The van der Waals surface area contributed by atoms with Crippen LogP contribution >= 0.6 is 22.6 Å². The molecule has 1 aliphatic rings. The van der Waals surface area contributed by atoms with Crippen LogP contribution in [0.4, 0.5) is 0 Å². The van der Waals surface area contributed by atoms with Crippen LogP contribution in [0, 0.1) is 8.99 Å². The SMILES string of the molecule is CC1(C)CN(C(=O)c2ccc(I)cc2)CCC1N.